The lowest BCUT2D eigenvalue weighted by Gasteiger charge is -2.15. The van der Waals surface area contributed by atoms with Crippen LogP contribution in [0.15, 0.2) is 42.7 Å². The first kappa shape index (κ1) is 27.9. The number of benzene rings is 1. The van der Waals surface area contributed by atoms with Crippen molar-refractivity contribution in [3.05, 3.63) is 54.1 Å². The van der Waals surface area contributed by atoms with E-state index in [1.165, 1.54) is 43.0 Å². The molecular weight excluding hydrogens is 555 g/mol. The summed E-state index contributed by atoms with van der Waals surface area (Å²) in [5, 5.41) is 12.0. The molecule has 1 atom stereocenters. The van der Waals surface area contributed by atoms with Gasteiger partial charge in [-0.1, -0.05) is 11.3 Å². The van der Waals surface area contributed by atoms with Crippen molar-refractivity contribution in [2.24, 2.45) is 0 Å². The normalized spacial score (nSPS) is 11.8. The quantitative estimate of drug-likeness (QED) is 0.240. The van der Waals surface area contributed by atoms with Crippen LogP contribution in [0.2, 0.25) is 0 Å². The first-order chi connectivity index (χ1) is 19.8. The molecule has 1 amide bonds. The maximum atomic E-state index is 14.9. The fourth-order valence-corrected chi connectivity index (χ4v) is 4.75. The summed E-state index contributed by atoms with van der Waals surface area (Å²) in [5.74, 6) is -0.297. The van der Waals surface area contributed by atoms with E-state index in [2.05, 4.69) is 30.2 Å². The number of ether oxygens (including phenoxy) is 4. The number of aromatic nitrogens is 5. The Labute approximate surface area is 237 Å². The second-order valence-electron chi connectivity index (χ2n) is 8.82. The number of nitrogens with zero attached hydrogens (tertiary/aromatic N) is 5. The largest absolute Gasteiger partial charge is 0.480 e. The fraction of sp³-hybridized carbons (Fsp3) is 0.259. The molecule has 0 fully saturated rings. The number of pyridine rings is 2. The van der Waals surface area contributed by atoms with Gasteiger partial charge < -0.3 is 24.1 Å². The van der Waals surface area contributed by atoms with E-state index in [1.807, 2.05) is 19.1 Å². The van der Waals surface area contributed by atoms with Gasteiger partial charge in [0.15, 0.2) is 5.82 Å². The second-order valence-corrected chi connectivity index (χ2v) is 9.80. The molecule has 1 aromatic carbocycles. The molecule has 0 unspecified atom stereocenters. The minimum atomic E-state index is -0.748. The van der Waals surface area contributed by atoms with Gasteiger partial charge in [0, 0.05) is 23.9 Å². The fourth-order valence-electron chi connectivity index (χ4n) is 3.82. The van der Waals surface area contributed by atoms with Crippen molar-refractivity contribution in [1.29, 1.82) is 0 Å². The van der Waals surface area contributed by atoms with Crippen LogP contribution in [0.3, 0.4) is 0 Å². The molecule has 0 aliphatic rings. The topological polar surface area (TPSA) is 151 Å². The van der Waals surface area contributed by atoms with Crippen molar-refractivity contribution in [2.45, 2.75) is 20.0 Å². The lowest BCUT2D eigenvalue weighted by atomic mass is 10.1. The number of rotatable bonds is 10. The average Bonchev–Trinajstić information content (AvgIpc) is 3.37. The minimum Gasteiger partial charge on any atom is -0.480 e. The Balaban J connectivity index is 1.27. The highest BCUT2D eigenvalue weighted by Gasteiger charge is 2.19. The average molecular weight is 581 g/mol. The van der Waals surface area contributed by atoms with Gasteiger partial charge in [0.05, 0.1) is 36.6 Å². The van der Waals surface area contributed by atoms with Crippen molar-refractivity contribution in [3.63, 3.8) is 0 Å². The summed E-state index contributed by atoms with van der Waals surface area (Å²) < 4.78 is 36.1. The van der Waals surface area contributed by atoms with Crippen LogP contribution >= 0.6 is 11.3 Å². The van der Waals surface area contributed by atoms with E-state index >= 15 is 0 Å². The van der Waals surface area contributed by atoms with Crippen LogP contribution in [-0.4, -0.2) is 69.2 Å². The molecular formula is C27H25FN6O6S. The molecule has 0 saturated carbocycles. The van der Waals surface area contributed by atoms with E-state index in [4.69, 9.17) is 24.1 Å². The summed E-state index contributed by atoms with van der Waals surface area (Å²) in [6, 6.07) is 8.13. The van der Waals surface area contributed by atoms with Gasteiger partial charge in [-0.05, 0) is 37.6 Å². The van der Waals surface area contributed by atoms with Crippen molar-refractivity contribution in [1.82, 2.24) is 24.9 Å². The molecule has 0 aliphatic carbocycles. The van der Waals surface area contributed by atoms with Crippen LogP contribution in [0, 0.1) is 12.7 Å². The molecule has 41 heavy (non-hydrogen) atoms. The first-order valence-electron chi connectivity index (χ1n) is 12.4. The number of hydrogen-bond acceptors (Lipinski definition) is 12. The number of methoxy groups -OCH3 is 1. The Morgan fingerprint density at radius 2 is 1.98 bits per heavy atom. The van der Waals surface area contributed by atoms with Crippen LogP contribution in [0.4, 0.5) is 14.9 Å². The number of aliphatic hydroxyl groups excluding tert-OH is 1. The van der Waals surface area contributed by atoms with Gasteiger partial charge in [-0.15, -0.1) is 0 Å². The van der Waals surface area contributed by atoms with Gasteiger partial charge in [0.2, 0.25) is 11.8 Å². The number of carbonyl (C=O) groups is 1. The molecule has 212 valence electrons. The van der Waals surface area contributed by atoms with Crippen LogP contribution < -0.4 is 19.5 Å². The number of halogens is 1. The maximum absolute atomic E-state index is 14.9. The number of thiazole rings is 1. The Hall–Kier alpha value is -4.69. The number of hydrogen-bond donors (Lipinski definition) is 2. The highest BCUT2D eigenvalue weighted by Crippen LogP contribution is 2.35. The van der Waals surface area contributed by atoms with Gasteiger partial charge in [-0.2, -0.15) is 4.98 Å². The first-order valence-corrected chi connectivity index (χ1v) is 13.2. The van der Waals surface area contributed by atoms with Crippen molar-refractivity contribution < 1.29 is 33.2 Å². The highest BCUT2D eigenvalue weighted by atomic mass is 32.1. The van der Waals surface area contributed by atoms with E-state index in [1.54, 1.807) is 13.0 Å². The number of fused-ring (bicyclic) bond motifs is 2. The van der Waals surface area contributed by atoms with Gasteiger partial charge in [0.25, 0.3) is 5.88 Å². The lowest BCUT2D eigenvalue weighted by Crippen LogP contribution is -2.24. The van der Waals surface area contributed by atoms with Crippen molar-refractivity contribution >= 4 is 44.5 Å². The number of amides is 1. The highest BCUT2D eigenvalue weighted by molar-refractivity contribution is 7.21. The minimum absolute atomic E-state index is 0.0716. The SMILES string of the molecule is COc1cnc2c(-c3nc4cc(F)c(O[C@@H](C)COC(=O)Nc5ccnc(OCCO)c5)nc4s3)cc(C)cc2n1. The molecule has 0 aliphatic heterocycles. The monoisotopic (exact) mass is 580 g/mol. The molecule has 0 bridgehead atoms. The van der Waals surface area contributed by atoms with Gasteiger partial charge >= 0.3 is 6.09 Å². The predicted octanol–water partition coefficient (Wildman–Crippen LogP) is 4.54. The Bertz CT molecular complexity index is 1720. The van der Waals surface area contributed by atoms with E-state index in [9.17, 15) is 9.18 Å². The predicted molar refractivity (Wildman–Crippen MR) is 149 cm³/mol. The van der Waals surface area contributed by atoms with Crippen molar-refractivity contribution in [3.8, 4) is 28.2 Å². The van der Waals surface area contributed by atoms with E-state index in [-0.39, 0.29) is 31.6 Å². The molecule has 0 radical (unpaired) electrons. The molecule has 12 nitrogen and oxygen atoms in total. The lowest BCUT2D eigenvalue weighted by molar-refractivity contribution is 0.0941. The zero-order valence-corrected chi connectivity index (χ0v) is 23.1. The van der Waals surface area contributed by atoms with Crippen LogP contribution in [0.1, 0.15) is 12.5 Å². The zero-order chi connectivity index (χ0) is 28.9. The van der Waals surface area contributed by atoms with Crippen LogP contribution in [0.5, 0.6) is 17.6 Å². The maximum Gasteiger partial charge on any atom is 0.411 e. The number of aliphatic hydroxyl groups is 1. The molecule has 14 heteroatoms. The summed E-state index contributed by atoms with van der Waals surface area (Å²) in [6.45, 7) is 3.29. The van der Waals surface area contributed by atoms with E-state index in [0.717, 1.165) is 11.1 Å². The molecule has 4 aromatic heterocycles. The third-order valence-electron chi connectivity index (χ3n) is 5.60. The number of aryl methyl sites for hydroxylation is 1. The molecule has 2 N–H and O–H groups in total. The third kappa shape index (κ3) is 6.56. The zero-order valence-electron chi connectivity index (χ0n) is 22.3. The second kappa shape index (κ2) is 12.2. The van der Waals surface area contributed by atoms with Crippen molar-refractivity contribution in [2.75, 3.05) is 32.2 Å². The van der Waals surface area contributed by atoms with Gasteiger partial charge in [-0.25, -0.2) is 29.1 Å². The summed E-state index contributed by atoms with van der Waals surface area (Å²) in [6.07, 6.45) is 1.51. The molecule has 0 saturated heterocycles. The van der Waals surface area contributed by atoms with Gasteiger partial charge in [0.1, 0.15) is 34.7 Å². The van der Waals surface area contributed by atoms with E-state index < -0.39 is 18.0 Å². The Morgan fingerprint density at radius 3 is 2.78 bits per heavy atom. The van der Waals surface area contributed by atoms with E-state index in [0.29, 0.717) is 38.0 Å². The third-order valence-corrected chi connectivity index (χ3v) is 6.60. The summed E-state index contributed by atoms with van der Waals surface area (Å²) >= 11 is 1.27. The number of nitrogens with one attached hydrogen (secondary N) is 1. The van der Waals surface area contributed by atoms with Crippen LogP contribution in [-0.2, 0) is 4.74 Å². The summed E-state index contributed by atoms with van der Waals surface area (Å²) in [4.78, 5) is 34.5. The molecule has 5 rings (SSSR count). The smallest absolute Gasteiger partial charge is 0.411 e. The van der Waals surface area contributed by atoms with Gasteiger partial charge in [-0.3, -0.25) is 5.32 Å². The summed E-state index contributed by atoms with van der Waals surface area (Å²) in [5.41, 5.74) is 3.74. The summed E-state index contributed by atoms with van der Waals surface area (Å²) in [7, 11) is 1.53. The Morgan fingerprint density at radius 1 is 1.12 bits per heavy atom. The molecule has 0 spiro atoms. The standard InChI is InChI=1S/C27H25FN6O6S/c1-14-8-17(23-19(9-14)32-22(37-3)12-30-23)25-33-20-11-18(28)24(34-26(20)41-25)40-15(2)13-39-27(36)31-16-4-5-29-21(10-16)38-7-6-35/h4-5,8-12,15,35H,6-7,13H2,1-3H3,(H,29,31,36)/t15-/m0/s1. The number of carbonyl (C=O) groups excluding carboxylic acids is 1. The molecule has 5 aromatic rings. The van der Waals surface area contributed by atoms with Crippen LogP contribution in [0.25, 0.3) is 32.0 Å². The number of anilines is 1. The molecule has 4 heterocycles. The Kier molecular flexibility index (Phi) is 8.31.